The van der Waals surface area contributed by atoms with Crippen molar-refractivity contribution in [1.82, 2.24) is 19.8 Å². The van der Waals surface area contributed by atoms with E-state index in [0.29, 0.717) is 56.7 Å². The minimum Gasteiger partial charge on any atom is -0.482 e. The van der Waals surface area contributed by atoms with Crippen LogP contribution in [0.2, 0.25) is 0 Å². The molecule has 1 aromatic carbocycles. The number of piperidine rings is 1. The number of hydrogen-bond acceptors (Lipinski definition) is 6. The number of pyridine rings is 1. The number of nitrogens with zero attached hydrogens (tertiary/aromatic N) is 3. The molecule has 0 atom stereocenters. The molecule has 5 rings (SSSR count). The largest absolute Gasteiger partial charge is 0.482 e. The van der Waals surface area contributed by atoms with Gasteiger partial charge in [-0.3, -0.25) is 14.4 Å². The van der Waals surface area contributed by atoms with E-state index in [1.54, 1.807) is 40.3 Å². The zero-order valence-corrected chi connectivity index (χ0v) is 19.9. The zero-order valence-electron chi connectivity index (χ0n) is 19.9. The molecule has 0 bridgehead atoms. The van der Waals surface area contributed by atoms with Crippen LogP contribution in [0.4, 0.5) is 5.69 Å². The van der Waals surface area contributed by atoms with Gasteiger partial charge in [0.2, 0.25) is 0 Å². The van der Waals surface area contributed by atoms with Crippen LogP contribution in [0.3, 0.4) is 0 Å². The maximum absolute atomic E-state index is 12.9. The Bertz CT molecular complexity index is 1240. The highest BCUT2D eigenvalue weighted by atomic mass is 16.5. The SMILES string of the molecule is O=C(Nc1ccccc1OCC(=O)N1CCOCC1)C(=O)N1CCC(c2c[nH]c3ncccc23)CC1. The number of ether oxygens (including phenoxy) is 2. The predicted octanol–water partition coefficient (Wildman–Crippen LogP) is 2.15. The number of H-pyrrole nitrogens is 1. The third kappa shape index (κ3) is 5.18. The first kappa shape index (κ1) is 23.8. The summed E-state index contributed by atoms with van der Waals surface area (Å²) < 4.78 is 11.0. The number of likely N-dealkylation sites (tertiary alicyclic amines) is 1. The molecule has 2 N–H and O–H groups in total. The Hall–Kier alpha value is -3.92. The molecule has 36 heavy (non-hydrogen) atoms. The fraction of sp³-hybridized carbons (Fsp3) is 0.385. The van der Waals surface area contributed by atoms with Crippen molar-refractivity contribution < 1.29 is 23.9 Å². The van der Waals surface area contributed by atoms with Gasteiger partial charge in [0.1, 0.15) is 11.4 Å². The number of aromatic nitrogens is 2. The van der Waals surface area contributed by atoms with Gasteiger partial charge in [-0.05, 0) is 48.6 Å². The fourth-order valence-corrected chi connectivity index (χ4v) is 4.77. The Kier molecular flexibility index (Phi) is 7.13. The summed E-state index contributed by atoms with van der Waals surface area (Å²) >= 11 is 0. The van der Waals surface area contributed by atoms with Crippen LogP contribution < -0.4 is 10.1 Å². The number of carbonyl (C=O) groups is 3. The third-order valence-electron chi connectivity index (χ3n) is 6.75. The number of fused-ring (bicyclic) bond motifs is 1. The van der Waals surface area contributed by atoms with E-state index in [1.807, 2.05) is 18.3 Å². The second kappa shape index (κ2) is 10.8. The zero-order chi connectivity index (χ0) is 24.9. The number of rotatable bonds is 5. The highest BCUT2D eigenvalue weighted by Crippen LogP contribution is 2.32. The number of benzene rings is 1. The highest BCUT2D eigenvalue weighted by molar-refractivity contribution is 6.39. The van der Waals surface area contributed by atoms with E-state index in [-0.39, 0.29) is 12.5 Å². The van der Waals surface area contributed by atoms with Gasteiger partial charge in [0, 0.05) is 44.0 Å². The van der Waals surface area contributed by atoms with Crippen LogP contribution in [0.1, 0.15) is 24.3 Å². The average Bonchev–Trinajstić information content (AvgIpc) is 3.37. The van der Waals surface area contributed by atoms with E-state index in [4.69, 9.17) is 9.47 Å². The number of morpholine rings is 1. The Labute approximate surface area is 208 Å². The van der Waals surface area contributed by atoms with E-state index < -0.39 is 11.8 Å². The summed E-state index contributed by atoms with van der Waals surface area (Å²) in [5, 5.41) is 3.76. The molecule has 188 valence electrons. The summed E-state index contributed by atoms with van der Waals surface area (Å²) in [6.07, 6.45) is 5.29. The molecule has 4 heterocycles. The Morgan fingerprint density at radius 1 is 1.03 bits per heavy atom. The van der Waals surface area contributed by atoms with E-state index >= 15 is 0 Å². The molecule has 2 aliphatic rings. The summed E-state index contributed by atoms with van der Waals surface area (Å²) in [6, 6.07) is 10.8. The fourth-order valence-electron chi connectivity index (χ4n) is 4.77. The average molecular weight is 492 g/mol. The summed E-state index contributed by atoms with van der Waals surface area (Å²) in [7, 11) is 0. The van der Waals surface area contributed by atoms with E-state index in [9.17, 15) is 14.4 Å². The lowest BCUT2D eigenvalue weighted by atomic mass is 9.89. The lowest BCUT2D eigenvalue weighted by molar-refractivity contribution is -0.143. The van der Waals surface area contributed by atoms with E-state index in [2.05, 4.69) is 15.3 Å². The van der Waals surface area contributed by atoms with Gasteiger partial charge in [-0.15, -0.1) is 0 Å². The van der Waals surface area contributed by atoms with Crippen molar-refractivity contribution in [3.63, 3.8) is 0 Å². The van der Waals surface area contributed by atoms with Gasteiger partial charge in [-0.25, -0.2) is 4.98 Å². The van der Waals surface area contributed by atoms with Crippen LogP contribution in [-0.2, 0) is 19.1 Å². The summed E-state index contributed by atoms with van der Waals surface area (Å²) in [5.41, 5.74) is 2.41. The topological polar surface area (TPSA) is 117 Å². The number of hydrogen-bond donors (Lipinski definition) is 2. The van der Waals surface area contributed by atoms with Gasteiger partial charge < -0.3 is 29.6 Å². The molecular formula is C26H29N5O5. The normalized spacial score (nSPS) is 16.7. The van der Waals surface area contributed by atoms with Crippen LogP contribution in [0.25, 0.3) is 11.0 Å². The summed E-state index contributed by atoms with van der Waals surface area (Å²) in [6.45, 7) is 2.92. The lowest BCUT2D eigenvalue weighted by Crippen LogP contribution is -2.44. The molecule has 2 aliphatic heterocycles. The van der Waals surface area contributed by atoms with Gasteiger partial charge >= 0.3 is 11.8 Å². The quantitative estimate of drug-likeness (QED) is 0.529. The van der Waals surface area contributed by atoms with Crippen LogP contribution in [-0.4, -0.2) is 83.5 Å². The second-order valence-corrected chi connectivity index (χ2v) is 8.94. The van der Waals surface area contributed by atoms with Crippen molar-refractivity contribution in [1.29, 1.82) is 0 Å². The first-order chi connectivity index (χ1) is 17.6. The summed E-state index contributed by atoms with van der Waals surface area (Å²) in [4.78, 5) is 48.9. The number of para-hydroxylation sites is 2. The number of aromatic amines is 1. The van der Waals surface area contributed by atoms with Crippen molar-refractivity contribution in [2.45, 2.75) is 18.8 Å². The molecule has 2 aromatic heterocycles. The minimum atomic E-state index is -0.722. The number of anilines is 1. The highest BCUT2D eigenvalue weighted by Gasteiger charge is 2.29. The maximum Gasteiger partial charge on any atom is 0.314 e. The minimum absolute atomic E-state index is 0.149. The van der Waals surface area contributed by atoms with Crippen LogP contribution >= 0.6 is 0 Å². The molecule has 2 saturated heterocycles. The molecule has 0 radical (unpaired) electrons. The standard InChI is InChI=1S/C26H29N5O5/c32-23(30-12-14-35-15-13-30)17-36-22-6-2-1-5-21(22)29-25(33)26(34)31-10-7-18(8-11-31)20-16-28-24-19(20)4-3-9-27-24/h1-6,9,16,18H,7-8,10-15,17H2,(H,27,28)(H,29,33). The number of carbonyl (C=O) groups excluding carboxylic acids is 3. The van der Waals surface area contributed by atoms with Crippen LogP contribution in [0.5, 0.6) is 5.75 Å². The summed E-state index contributed by atoms with van der Waals surface area (Å²) in [5.74, 6) is -0.807. The Morgan fingerprint density at radius 2 is 1.81 bits per heavy atom. The van der Waals surface area contributed by atoms with Gasteiger partial charge in [0.05, 0.1) is 18.9 Å². The van der Waals surface area contributed by atoms with Crippen molar-refractivity contribution in [2.75, 3.05) is 51.3 Å². The van der Waals surface area contributed by atoms with Gasteiger partial charge in [-0.2, -0.15) is 0 Å². The molecule has 0 aliphatic carbocycles. The first-order valence-corrected chi connectivity index (χ1v) is 12.2. The maximum atomic E-state index is 12.9. The van der Waals surface area contributed by atoms with Crippen molar-refractivity contribution in [2.24, 2.45) is 0 Å². The molecule has 10 heteroatoms. The van der Waals surface area contributed by atoms with E-state index in [1.165, 1.54) is 5.56 Å². The molecule has 3 aromatic rings. The monoisotopic (exact) mass is 491 g/mol. The van der Waals surface area contributed by atoms with Crippen molar-refractivity contribution in [3.05, 3.63) is 54.4 Å². The first-order valence-electron chi connectivity index (χ1n) is 12.2. The number of amides is 3. The second-order valence-electron chi connectivity index (χ2n) is 8.94. The molecule has 0 spiro atoms. The van der Waals surface area contributed by atoms with E-state index in [0.717, 1.165) is 23.9 Å². The molecule has 0 saturated carbocycles. The number of nitrogens with one attached hydrogen (secondary N) is 2. The Morgan fingerprint density at radius 3 is 2.61 bits per heavy atom. The van der Waals surface area contributed by atoms with Crippen LogP contribution in [0.15, 0.2) is 48.8 Å². The molecule has 3 amide bonds. The third-order valence-corrected chi connectivity index (χ3v) is 6.75. The lowest BCUT2D eigenvalue weighted by Gasteiger charge is -2.31. The molecular weight excluding hydrogens is 462 g/mol. The predicted molar refractivity (Wildman–Crippen MR) is 133 cm³/mol. The van der Waals surface area contributed by atoms with Gasteiger partial charge in [0.15, 0.2) is 6.61 Å². The molecule has 2 fully saturated rings. The van der Waals surface area contributed by atoms with Gasteiger partial charge in [-0.1, -0.05) is 12.1 Å². The van der Waals surface area contributed by atoms with Crippen molar-refractivity contribution in [3.8, 4) is 5.75 Å². The van der Waals surface area contributed by atoms with Crippen LogP contribution in [0, 0.1) is 0 Å². The van der Waals surface area contributed by atoms with Gasteiger partial charge in [0.25, 0.3) is 5.91 Å². The Balaban J connectivity index is 1.16. The smallest absolute Gasteiger partial charge is 0.314 e. The van der Waals surface area contributed by atoms with Crippen molar-refractivity contribution >= 4 is 34.4 Å². The molecule has 10 nitrogen and oxygen atoms in total. The molecule has 0 unspecified atom stereocenters.